The summed E-state index contributed by atoms with van der Waals surface area (Å²) in [5, 5.41) is 3.44. The molecule has 0 spiro atoms. The summed E-state index contributed by atoms with van der Waals surface area (Å²) in [6.07, 6.45) is 1.18. The number of hydrogen-bond acceptors (Lipinski definition) is 3. The zero-order valence-electron chi connectivity index (χ0n) is 6.66. The summed E-state index contributed by atoms with van der Waals surface area (Å²) >= 11 is 1.95. The molecular weight excluding hydrogens is 160 g/mol. The lowest BCUT2D eigenvalue weighted by molar-refractivity contribution is 0.392. The molecule has 4 N–H and O–H groups in total. The molecule has 1 rings (SSSR count). The van der Waals surface area contributed by atoms with Gasteiger partial charge in [0.15, 0.2) is 0 Å². The standard InChI is InChI=1S/C6H14N4S/c1-10(6(7)9-8)5-2-3-11-4-5/h5H,2-4,8H2,1H3,(H2,7,9). The zero-order chi connectivity index (χ0) is 8.27. The van der Waals surface area contributed by atoms with E-state index in [2.05, 4.69) is 5.10 Å². The molecule has 4 nitrogen and oxygen atoms in total. The molecule has 0 saturated carbocycles. The monoisotopic (exact) mass is 174 g/mol. The van der Waals surface area contributed by atoms with Gasteiger partial charge in [-0.05, 0) is 12.2 Å². The number of hydrazone groups is 1. The van der Waals surface area contributed by atoms with E-state index in [0.29, 0.717) is 12.0 Å². The molecule has 0 radical (unpaired) electrons. The quantitative estimate of drug-likeness (QED) is 0.246. The fourth-order valence-electron chi connectivity index (χ4n) is 1.11. The van der Waals surface area contributed by atoms with Crippen LogP contribution in [0.5, 0.6) is 0 Å². The first-order chi connectivity index (χ1) is 5.25. The highest BCUT2D eigenvalue weighted by Gasteiger charge is 2.20. The van der Waals surface area contributed by atoms with Gasteiger partial charge in [0.2, 0.25) is 5.96 Å². The number of hydrogen-bond donors (Lipinski definition) is 2. The van der Waals surface area contributed by atoms with Crippen molar-refractivity contribution in [3.63, 3.8) is 0 Å². The second-order valence-electron chi connectivity index (χ2n) is 2.62. The summed E-state index contributed by atoms with van der Waals surface area (Å²) in [6, 6.07) is 0.521. The summed E-state index contributed by atoms with van der Waals surface area (Å²) in [4.78, 5) is 1.94. The average molecular weight is 174 g/mol. The van der Waals surface area contributed by atoms with E-state index in [0.717, 1.165) is 5.75 Å². The lowest BCUT2D eigenvalue weighted by Crippen LogP contribution is -2.42. The van der Waals surface area contributed by atoms with E-state index in [1.54, 1.807) is 0 Å². The van der Waals surface area contributed by atoms with Gasteiger partial charge in [0.1, 0.15) is 0 Å². The Bertz CT molecular complexity index is 153. The third-order valence-corrected chi connectivity index (χ3v) is 3.09. The van der Waals surface area contributed by atoms with Crippen molar-refractivity contribution in [2.45, 2.75) is 12.5 Å². The van der Waals surface area contributed by atoms with Crippen molar-refractivity contribution in [2.24, 2.45) is 16.7 Å². The molecule has 11 heavy (non-hydrogen) atoms. The molecule has 1 aliphatic heterocycles. The van der Waals surface area contributed by atoms with Crippen molar-refractivity contribution < 1.29 is 0 Å². The van der Waals surface area contributed by atoms with E-state index in [1.807, 2.05) is 23.7 Å². The van der Waals surface area contributed by atoms with Gasteiger partial charge in [-0.3, -0.25) is 0 Å². The molecule has 5 heteroatoms. The summed E-state index contributed by atoms with van der Waals surface area (Å²) in [7, 11) is 1.93. The Kier molecular flexibility index (Phi) is 2.87. The lowest BCUT2D eigenvalue weighted by Gasteiger charge is -2.23. The van der Waals surface area contributed by atoms with Crippen LogP contribution >= 0.6 is 11.8 Å². The Morgan fingerprint density at radius 2 is 2.45 bits per heavy atom. The highest BCUT2D eigenvalue weighted by Crippen LogP contribution is 2.20. The van der Waals surface area contributed by atoms with Gasteiger partial charge < -0.3 is 16.5 Å². The predicted molar refractivity (Wildman–Crippen MR) is 49.3 cm³/mol. The minimum Gasteiger partial charge on any atom is -0.368 e. The molecule has 0 aromatic carbocycles. The molecule has 1 fully saturated rings. The molecule has 1 saturated heterocycles. The van der Waals surface area contributed by atoms with E-state index in [1.165, 1.54) is 12.2 Å². The van der Waals surface area contributed by atoms with Crippen molar-refractivity contribution in [3.8, 4) is 0 Å². The third kappa shape index (κ3) is 1.92. The van der Waals surface area contributed by atoms with E-state index in [4.69, 9.17) is 11.6 Å². The van der Waals surface area contributed by atoms with E-state index < -0.39 is 0 Å². The van der Waals surface area contributed by atoms with Gasteiger partial charge in [-0.25, -0.2) is 0 Å². The first kappa shape index (κ1) is 8.52. The van der Waals surface area contributed by atoms with E-state index >= 15 is 0 Å². The van der Waals surface area contributed by atoms with Crippen molar-refractivity contribution in [1.29, 1.82) is 0 Å². The Labute approximate surface area is 71.0 Å². The van der Waals surface area contributed by atoms with Gasteiger partial charge in [0, 0.05) is 18.8 Å². The number of nitrogens with two attached hydrogens (primary N) is 2. The first-order valence-electron chi connectivity index (χ1n) is 3.59. The second-order valence-corrected chi connectivity index (χ2v) is 3.77. The molecule has 0 aromatic rings. The van der Waals surface area contributed by atoms with Crippen LogP contribution in [0.15, 0.2) is 5.10 Å². The van der Waals surface area contributed by atoms with Gasteiger partial charge in [0.25, 0.3) is 0 Å². The fourth-order valence-corrected chi connectivity index (χ4v) is 2.37. The molecule has 0 amide bonds. The molecule has 0 bridgehead atoms. The van der Waals surface area contributed by atoms with Crippen LogP contribution in [0.3, 0.4) is 0 Å². The normalized spacial score (nSPS) is 25.5. The smallest absolute Gasteiger partial charge is 0.213 e. The van der Waals surface area contributed by atoms with Gasteiger partial charge in [-0.2, -0.15) is 11.8 Å². The van der Waals surface area contributed by atoms with E-state index in [-0.39, 0.29) is 0 Å². The number of rotatable bonds is 1. The first-order valence-corrected chi connectivity index (χ1v) is 4.75. The SMILES string of the molecule is CN(C(N)=NN)C1CCSC1. The molecule has 64 valence electrons. The van der Waals surface area contributed by atoms with Crippen LogP contribution in [0.4, 0.5) is 0 Å². The van der Waals surface area contributed by atoms with Crippen molar-refractivity contribution >= 4 is 17.7 Å². The Hall–Kier alpha value is -0.580. The van der Waals surface area contributed by atoms with Gasteiger partial charge in [0.05, 0.1) is 0 Å². The van der Waals surface area contributed by atoms with Gasteiger partial charge in [-0.1, -0.05) is 0 Å². The maximum atomic E-state index is 5.54. The van der Waals surface area contributed by atoms with Crippen LogP contribution in [-0.2, 0) is 0 Å². The second kappa shape index (κ2) is 3.71. The highest BCUT2D eigenvalue weighted by atomic mass is 32.2. The molecule has 1 aliphatic rings. The van der Waals surface area contributed by atoms with Crippen LogP contribution in [-0.4, -0.2) is 35.5 Å². The van der Waals surface area contributed by atoms with Crippen molar-refractivity contribution in [3.05, 3.63) is 0 Å². The number of nitrogens with zero attached hydrogens (tertiary/aromatic N) is 2. The number of guanidine groups is 1. The summed E-state index contributed by atoms with van der Waals surface area (Å²) in [5.41, 5.74) is 5.54. The van der Waals surface area contributed by atoms with E-state index in [9.17, 15) is 0 Å². The summed E-state index contributed by atoms with van der Waals surface area (Å²) in [5.74, 6) is 7.83. The topological polar surface area (TPSA) is 67.6 Å². The predicted octanol–water partition coefficient (Wildman–Crippen LogP) is -0.388. The van der Waals surface area contributed by atoms with Crippen LogP contribution in [0.1, 0.15) is 6.42 Å². The Morgan fingerprint density at radius 1 is 1.73 bits per heavy atom. The number of thioether (sulfide) groups is 1. The van der Waals surface area contributed by atoms with Crippen LogP contribution in [0.2, 0.25) is 0 Å². The minimum atomic E-state index is 0.428. The maximum Gasteiger partial charge on any atom is 0.213 e. The summed E-state index contributed by atoms with van der Waals surface area (Å²) in [6.45, 7) is 0. The molecule has 1 unspecified atom stereocenters. The Morgan fingerprint density at radius 3 is 2.91 bits per heavy atom. The average Bonchev–Trinajstić information content (AvgIpc) is 2.53. The van der Waals surface area contributed by atoms with Gasteiger partial charge >= 0.3 is 0 Å². The van der Waals surface area contributed by atoms with Crippen LogP contribution in [0, 0.1) is 0 Å². The highest BCUT2D eigenvalue weighted by molar-refractivity contribution is 7.99. The Balaban J connectivity index is 2.45. The van der Waals surface area contributed by atoms with Crippen LogP contribution < -0.4 is 11.6 Å². The third-order valence-electron chi connectivity index (χ3n) is 1.95. The maximum absolute atomic E-state index is 5.54. The molecule has 1 atom stereocenters. The largest absolute Gasteiger partial charge is 0.368 e. The minimum absolute atomic E-state index is 0.428. The molecule has 0 aromatic heterocycles. The van der Waals surface area contributed by atoms with Crippen molar-refractivity contribution in [1.82, 2.24) is 4.90 Å². The zero-order valence-corrected chi connectivity index (χ0v) is 7.47. The molecular formula is C6H14N4S. The van der Waals surface area contributed by atoms with Gasteiger partial charge in [-0.15, -0.1) is 5.10 Å². The fraction of sp³-hybridized carbons (Fsp3) is 0.833. The lowest BCUT2D eigenvalue weighted by atomic mass is 10.2. The van der Waals surface area contributed by atoms with Crippen molar-refractivity contribution in [2.75, 3.05) is 18.6 Å². The molecule has 1 heterocycles. The molecule has 0 aliphatic carbocycles. The van der Waals surface area contributed by atoms with Crippen LogP contribution in [0.25, 0.3) is 0 Å². The summed E-state index contributed by atoms with van der Waals surface area (Å²) < 4.78 is 0.